The van der Waals surface area contributed by atoms with Crippen molar-refractivity contribution in [3.8, 4) is 0 Å². The number of halogens is 3. The van der Waals surface area contributed by atoms with Gasteiger partial charge in [0.2, 0.25) is 5.82 Å². The van der Waals surface area contributed by atoms with Crippen LogP contribution in [0.15, 0.2) is 5.16 Å². The zero-order valence-corrected chi connectivity index (χ0v) is 14.6. The van der Waals surface area contributed by atoms with Crippen molar-refractivity contribution >= 4 is 23.5 Å². The number of Topliss-reactive ketones (excluding diaryl/α,β-unsaturated/α-hetero) is 1. The van der Waals surface area contributed by atoms with E-state index < -0.39 is 18.0 Å². The van der Waals surface area contributed by atoms with Crippen LogP contribution in [0.5, 0.6) is 0 Å². The number of esters is 1. The summed E-state index contributed by atoms with van der Waals surface area (Å²) < 4.78 is 43.5. The molecule has 0 amide bonds. The number of methoxy groups -OCH3 is 1. The fraction of sp³-hybridized carbons (Fsp3) is 0.429. The first-order chi connectivity index (χ1) is 11.6. The maximum atomic E-state index is 12.7. The number of ketones is 1. The number of alkyl halides is 3. The minimum absolute atomic E-state index is 0.0326. The van der Waals surface area contributed by atoms with Gasteiger partial charge in [0.1, 0.15) is 0 Å². The van der Waals surface area contributed by atoms with Gasteiger partial charge < -0.3 is 14.3 Å². The monoisotopic (exact) mass is 376 g/mol. The zero-order chi connectivity index (χ0) is 18.9. The molecule has 25 heavy (non-hydrogen) atoms. The molecule has 0 unspecified atom stereocenters. The van der Waals surface area contributed by atoms with Gasteiger partial charge >= 0.3 is 12.1 Å². The van der Waals surface area contributed by atoms with Crippen molar-refractivity contribution in [1.29, 1.82) is 0 Å². The molecule has 0 spiro atoms. The van der Waals surface area contributed by atoms with Gasteiger partial charge in [0.15, 0.2) is 10.9 Å². The molecule has 0 radical (unpaired) electrons. The minimum atomic E-state index is -4.62. The van der Waals surface area contributed by atoms with E-state index in [1.807, 2.05) is 0 Å². The Bertz CT molecular complexity index is 826. The first-order valence-corrected chi connectivity index (χ1v) is 7.96. The summed E-state index contributed by atoms with van der Waals surface area (Å²) in [5.41, 5.74) is 1.40. The minimum Gasteiger partial charge on any atom is -0.465 e. The van der Waals surface area contributed by atoms with Crippen molar-refractivity contribution in [3.63, 3.8) is 0 Å². The number of nitrogens with zero attached hydrogens (tertiary/aromatic N) is 3. The number of carbonyl (C=O) groups excluding carboxylic acids is 2. The average Bonchev–Trinajstić information content (AvgIpc) is 3.04. The fourth-order valence-corrected chi connectivity index (χ4v) is 3.11. The Morgan fingerprint density at radius 3 is 2.44 bits per heavy atom. The van der Waals surface area contributed by atoms with Crippen LogP contribution >= 0.6 is 11.8 Å². The van der Waals surface area contributed by atoms with Crippen molar-refractivity contribution in [3.05, 3.63) is 28.3 Å². The van der Waals surface area contributed by atoms with Gasteiger partial charge in [-0.1, -0.05) is 11.8 Å². The van der Waals surface area contributed by atoms with Crippen molar-refractivity contribution in [1.82, 2.24) is 19.7 Å². The highest BCUT2D eigenvalue weighted by molar-refractivity contribution is 7.99. The maximum Gasteiger partial charge on any atom is 0.451 e. The molecule has 136 valence electrons. The third kappa shape index (κ3) is 3.70. The fourth-order valence-electron chi connectivity index (χ4n) is 2.33. The lowest BCUT2D eigenvalue weighted by Crippen LogP contribution is -2.13. The molecular weight excluding hydrogens is 361 g/mol. The summed E-state index contributed by atoms with van der Waals surface area (Å²) in [7, 11) is 2.41. The summed E-state index contributed by atoms with van der Waals surface area (Å²) in [4.78, 5) is 26.9. The van der Waals surface area contributed by atoms with E-state index in [4.69, 9.17) is 0 Å². The number of aromatic nitrogens is 4. The average molecular weight is 376 g/mol. The van der Waals surface area contributed by atoms with Crippen molar-refractivity contribution in [2.75, 3.05) is 12.9 Å². The van der Waals surface area contributed by atoms with E-state index in [1.165, 1.54) is 14.2 Å². The Morgan fingerprint density at radius 1 is 1.28 bits per heavy atom. The summed E-state index contributed by atoms with van der Waals surface area (Å²) in [5.74, 6) is -2.24. The maximum absolute atomic E-state index is 12.7. The Kier molecular flexibility index (Phi) is 5.26. The molecule has 7 nitrogen and oxygen atoms in total. The lowest BCUT2D eigenvalue weighted by molar-refractivity contribution is -0.147. The van der Waals surface area contributed by atoms with Crippen LogP contribution < -0.4 is 0 Å². The van der Waals surface area contributed by atoms with E-state index in [0.717, 1.165) is 16.3 Å². The standard InChI is InChI=1S/C14H15F3N4O3S/c1-6-9(11(23)24-4)7(2)18-10(6)8(22)5-25-13-20-19-12(21(13)3)14(15,16)17/h18H,5H2,1-4H3. The predicted octanol–water partition coefficient (Wildman–Crippen LogP) is 2.54. The topological polar surface area (TPSA) is 89.9 Å². The molecule has 0 aliphatic carbocycles. The quantitative estimate of drug-likeness (QED) is 0.490. The van der Waals surface area contributed by atoms with Gasteiger partial charge in [-0.05, 0) is 19.4 Å². The number of carbonyl (C=O) groups is 2. The second-order valence-corrected chi connectivity index (χ2v) is 6.13. The number of hydrogen-bond donors (Lipinski definition) is 1. The number of hydrogen-bond acceptors (Lipinski definition) is 6. The molecule has 11 heteroatoms. The summed E-state index contributed by atoms with van der Waals surface area (Å²) in [5, 5.41) is 6.52. The van der Waals surface area contributed by atoms with E-state index in [2.05, 4.69) is 19.9 Å². The SMILES string of the molecule is COC(=O)c1c(C)[nH]c(C(=O)CSc2nnc(C(F)(F)F)n2C)c1C. The first kappa shape index (κ1) is 19.0. The normalized spacial score (nSPS) is 11.6. The van der Waals surface area contributed by atoms with Gasteiger partial charge in [0.05, 0.1) is 24.1 Å². The van der Waals surface area contributed by atoms with E-state index in [-0.39, 0.29) is 27.9 Å². The van der Waals surface area contributed by atoms with Crippen LogP contribution in [0.2, 0.25) is 0 Å². The molecule has 2 rings (SSSR count). The van der Waals surface area contributed by atoms with Crippen LogP contribution in [0.4, 0.5) is 13.2 Å². The molecule has 0 saturated heterocycles. The Balaban J connectivity index is 2.17. The highest BCUT2D eigenvalue weighted by atomic mass is 32.2. The van der Waals surface area contributed by atoms with Crippen molar-refractivity contribution < 1.29 is 27.5 Å². The predicted molar refractivity (Wildman–Crippen MR) is 82.7 cm³/mol. The lowest BCUT2D eigenvalue weighted by Gasteiger charge is -2.06. The number of ether oxygens (including phenoxy) is 1. The largest absolute Gasteiger partial charge is 0.465 e. The third-order valence-electron chi connectivity index (χ3n) is 3.53. The van der Waals surface area contributed by atoms with Gasteiger partial charge in [0, 0.05) is 12.7 Å². The second-order valence-electron chi connectivity index (χ2n) is 5.19. The van der Waals surface area contributed by atoms with Crippen LogP contribution in [-0.4, -0.2) is 44.4 Å². The number of nitrogens with one attached hydrogen (secondary N) is 1. The number of H-pyrrole nitrogens is 1. The van der Waals surface area contributed by atoms with E-state index in [1.54, 1.807) is 13.8 Å². The summed E-state index contributed by atoms with van der Waals surface area (Å²) in [6, 6.07) is 0. The molecule has 1 N–H and O–H groups in total. The number of aryl methyl sites for hydroxylation is 1. The van der Waals surface area contributed by atoms with Gasteiger partial charge in [-0.15, -0.1) is 10.2 Å². The van der Waals surface area contributed by atoms with E-state index >= 15 is 0 Å². The summed E-state index contributed by atoms with van der Waals surface area (Å²) in [6.45, 7) is 3.22. The van der Waals surface area contributed by atoms with Crippen LogP contribution in [-0.2, 0) is 18.0 Å². The molecule has 2 aromatic heterocycles. The summed E-state index contributed by atoms with van der Waals surface area (Å²) in [6.07, 6.45) is -4.62. The van der Waals surface area contributed by atoms with Crippen LogP contribution in [0.25, 0.3) is 0 Å². The first-order valence-electron chi connectivity index (χ1n) is 6.98. The molecule has 0 aliphatic heterocycles. The molecule has 2 aromatic rings. The Morgan fingerprint density at radius 2 is 1.92 bits per heavy atom. The molecular formula is C14H15F3N4O3S. The van der Waals surface area contributed by atoms with Crippen molar-refractivity contribution in [2.24, 2.45) is 7.05 Å². The van der Waals surface area contributed by atoms with E-state index in [0.29, 0.717) is 11.3 Å². The van der Waals surface area contributed by atoms with E-state index in [9.17, 15) is 22.8 Å². The van der Waals surface area contributed by atoms with Crippen molar-refractivity contribution in [2.45, 2.75) is 25.2 Å². The smallest absolute Gasteiger partial charge is 0.451 e. The highest BCUT2D eigenvalue weighted by Gasteiger charge is 2.37. The molecule has 2 heterocycles. The molecule has 0 atom stereocenters. The Labute approximate surface area is 145 Å². The van der Waals surface area contributed by atoms with Crippen LogP contribution in [0.1, 0.15) is 37.9 Å². The molecule has 0 fully saturated rings. The molecule has 0 bridgehead atoms. The summed E-state index contributed by atoms with van der Waals surface area (Å²) >= 11 is 0.829. The molecule has 0 saturated carbocycles. The number of rotatable bonds is 5. The third-order valence-corrected chi connectivity index (χ3v) is 4.55. The van der Waals surface area contributed by atoms with Gasteiger partial charge in [0.25, 0.3) is 0 Å². The van der Waals surface area contributed by atoms with Gasteiger partial charge in [-0.25, -0.2) is 4.79 Å². The van der Waals surface area contributed by atoms with Gasteiger partial charge in [-0.3, -0.25) is 4.79 Å². The molecule has 0 aromatic carbocycles. The van der Waals surface area contributed by atoms with Crippen LogP contribution in [0.3, 0.4) is 0 Å². The number of aromatic amines is 1. The lowest BCUT2D eigenvalue weighted by atomic mass is 10.1. The van der Waals surface area contributed by atoms with Crippen LogP contribution in [0, 0.1) is 13.8 Å². The highest BCUT2D eigenvalue weighted by Crippen LogP contribution is 2.30. The zero-order valence-electron chi connectivity index (χ0n) is 13.8. The number of thioether (sulfide) groups is 1. The second kappa shape index (κ2) is 6.90. The van der Waals surface area contributed by atoms with Gasteiger partial charge in [-0.2, -0.15) is 13.2 Å². The molecule has 0 aliphatic rings. The Hall–Kier alpha value is -2.30.